The first kappa shape index (κ1) is 28.6. The number of phenols is 1. The number of hydrogen-bond acceptors (Lipinski definition) is 7. The normalized spacial score (nSPS) is 18.6. The number of imide groups is 1. The summed E-state index contributed by atoms with van der Waals surface area (Å²) in [6.07, 6.45) is -2.05. The molecule has 1 saturated heterocycles. The van der Waals surface area contributed by atoms with Crippen LogP contribution < -0.4 is 4.74 Å². The summed E-state index contributed by atoms with van der Waals surface area (Å²) in [5, 5.41) is 39.0. The number of carboxylic acids is 2. The number of hydrogen-bond donors (Lipinski definition) is 4. The van der Waals surface area contributed by atoms with E-state index in [9.17, 15) is 34.5 Å². The number of carbonyl (C=O) groups is 4. The molecule has 2 aromatic carbocycles. The second-order valence-corrected chi connectivity index (χ2v) is 12.3. The lowest BCUT2D eigenvalue weighted by atomic mass is 9.98. The lowest BCUT2D eigenvalue weighted by molar-refractivity contribution is -0.160. The molecule has 35 heavy (non-hydrogen) atoms. The van der Waals surface area contributed by atoms with Crippen molar-refractivity contribution in [3.05, 3.63) is 44.1 Å². The van der Waals surface area contributed by atoms with Crippen molar-refractivity contribution in [2.45, 2.75) is 30.9 Å². The molecule has 4 N–H and O–H groups in total. The van der Waals surface area contributed by atoms with Crippen LogP contribution in [0.25, 0.3) is 0 Å². The molecule has 1 heterocycles. The van der Waals surface area contributed by atoms with Gasteiger partial charge in [0.05, 0.1) is 27.1 Å². The van der Waals surface area contributed by atoms with Gasteiger partial charge in [0.25, 0.3) is 5.91 Å². The number of phenolic OH excluding ortho intramolecular Hbond substituents is 1. The van der Waals surface area contributed by atoms with E-state index in [1.54, 1.807) is 24.3 Å². The molecule has 1 aliphatic heterocycles. The van der Waals surface area contributed by atoms with Crippen LogP contribution in [0.2, 0.25) is 0 Å². The number of halogens is 4. The Labute approximate surface area is 253 Å². The Morgan fingerprint density at radius 1 is 1.00 bits per heavy atom. The highest BCUT2D eigenvalue weighted by molar-refractivity contribution is 14.1. The third-order valence-electron chi connectivity index (χ3n) is 5.07. The fourth-order valence-electron chi connectivity index (χ4n) is 3.51. The highest BCUT2D eigenvalue weighted by Crippen LogP contribution is 2.37. The van der Waals surface area contributed by atoms with Gasteiger partial charge in [-0.1, -0.05) is 0 Å². The Balaban J connectivity index is 1.88. The summed E-state index contributed by atoms with van der Waals surface area (Å²) in [5.74, 6) is -3.99. The molecule has 186 valence electrons. The molecule has 1 fully saturated rings. The van der Waals surface area contributed by atoms with Crippen LogP contribution in [0.5, 0.6) is 17.2 Å². The predicted octanol–water partition coefficient (Wildman–Crippen LogP) is 3.56. The van der Waals surface area contributed by atoms with E-state index in [0.29, 0.717) is 36.2 Å². The quantitative estimate of drug-likeness (QED) is 0.229. The molecule has 1 unspecified atom stereocenters. The van der Waals surface area contributed by atoms with E-state index in [0.717, 1.165) is 0 Å². The van der Waals surface area contributed by atoms with E-state index in [1.165, 1.54) is 0 Å². The first-order valence-electron chi connectivity index (χ1n) is 9.60. The summed E-state index contributed by atoms with van der Waals surface area (Å²) < 4.78 is 8.49. The zero-order chi connectivity index (χ0) is 26.2. The first-order chi connectivity index (χ1) is 16.2. The highest BCUT2D eigenvalue weighted by atomic mass is 127. The van der Waals surface area contributed by atoms with Gasteiger partial charge in [-0.25, -0.2) is 4.79 Å². The SMILES string of the molecule is O=C(O)CC1(O)CC(=O)N([C@@H](Cc2cc(I)c(Oc3cc(I)c(O)c(I)c3)c(I)c2)C(=O)O)C1=O. The Kier molecular flexibility index (Phi) is 9.12. The summed E-state index contributed by atoms with van der Waals surface area (Å²) >= 11 is 8.01. The number of nitrogens with zero attached hydrogens (tertiary/aromatic N) is 1. The molecular formula is C21H15I4NO9. The molecule has 0 aromatic heterocycles. The van der Waals surface area contributed by atoms with Gasteiger partial charge >= 0.3 is 11.9 Å². The van der Waals surface area contributed by atoms with Gasteiger partial charge in [0.2, 0.25) is 5.91 Å². The van der Waals surface area contributed by atoms with Gasteiger partial charge in [-0.2, -0.15) is 0 Å². The van der Waals surface area contributed by atoms with Crippen LogP contribution in [0.4, 0.5) is 0 Å². The van der Waals surface area contributed by atoms with E-state index in [-0.39, 0.29) is 12.2 Å². The predicted molar refractivity (Wildman–Crippen MR) is 154 cm³/mol. The average molecular weight is 933 g/mol. The number of ether oxygens (including phenoxy) is 1. The van der Waals surface area contributed by atoms with Crippen molar-refractivity contribution < 1.29 is 44.3 Å². The van der Waals surface area contributed by atoms with Crippen LogP contribution in [-0.2, 0) is 25.6 Å². The van der Waals surface area contributed by atoms with Crippen LogP contribution in [0.15, 0.2) is 24.3 Å². The summed E-state index contributed by atoms with van der Waals surface area (Å²) in [7, 11) is 0. The number of carbonyl (C=O) groups excluding carboxylic acids is 2. The second kappa shape index (κ2) is 11.2. The number of likely N-dealkylation sites (tertiary alicyclic amines) is 1. The minimum absolute atomic E-state index is 0.152. The van der Waals surface area contributed by atoms with Crippen molar-refractivity contribution in [1.82, 2.24) is 4.90 Å². The van der Waals surface area contributed by atoms with E-state index >= 15 is 0 Å². The fourth-order valence-corrected chi connectivity index (χ4v) is 7.34. The molecule has 0 saturated carbocycles. The minimum Gasteiger partial charge on any atom is -0.506 e. The lowest BCUT2D eigenvalue weighted by Gasteiger charge is -2.25. The molecule has 1 aliphatic rings. The Hall–Kier alpha value is -1.000. The largest absolute Gasteiger partial charge is 0.506 e. The molecule has 0 aliphatic carbocycles. The number of aromatic hydroxyl groups is 1. The number of rotatable bonds is 8. The van der Waals surface area contributed by atoms with Crippen molar-refractivity contribution in [3.8, 4) is 17.2 Å². The fraction of sp³-hybridized carbons (Fsp3) is 0.238. The van der Waals surface area contributed by atoms with E-state index in [2.05, 4.69) is 0 Å². The topological polar surface area (TPSA) is 162 Å². The van der Waals surface area contributed by atoms with Gasteiger partial charge in [0.1, 0.15) is 17.5 Å². The molecule has 2 aromatic rings. The van der Waals surface area contributed by atoms with Crippen LogP contribution in [-0.4, -0.2) is 60.7 Å². The smallest absolute Gasteiger partial charge is 0.327 e. The van der Waals surface area contributed by atoms with Crippen molar-refractivity contribution in [1.29, 1.82) is 0 Å². The third-order valence-corrected chi connectivity index (χ3v) is 8.31. The molecular weight excluding hydrogens is 918 g/mol. The maximum atomic E-state index is 12.7. The summed E-state index contributed by atoms with van der Waals surface area (Å²) in [4.78, 5) is 48.6. The number of benzene rings is 2. The van der Waals surface area contributed by atoms with Gasteiger partial charge in [-0.05, 0) is 120 Å². The summed E-state index contributed by atoms with van der Waals surface area (Å²) in [5.41, 5.74) is -1.99. The monoisotopic (exact) mass is 933 g/mol. The molecule has 2 atom stereocenters. The molecule has 0 radical (unpaired) electrons. The maximum absolute atomic E-state index is 12.7. The van der Waals surface area contributed by atoms with Gasteiger partial charge < -0.3 is 25.2 Å². The molecule has 2 amide bonds. The number of aliphatic hydroxyl groups is 1. The molecule has 0 bridgehead atoms. The van der Waals surface area contributed by atoms with E-state index in [1.807, 2.05) is 90.4 Å². The van der Waals surface area contributed by atoms with Crippen molar-refractivity contribution in [3.63, 3.8) is 0 Å². The van der Waals surface area contributed by atoms with E-state index in [4.69, 9.17) is 9.84 Å². The van der Waals surface area contributed by atoms with Gasteiger partial charge in [-0.3, -0.25) is 19.3 Å². The number of carboxylic acid groups (broad SMARTS) is 2. The van der Waals surface area contributed by atoms with Gasteiger partial charge in [-0.15, -0.1) is 0 Å². The Morgan fingerprint density at radius 2 is 1.54 bits per heavy atom. The Bertz CT molecular complexity index is 1210. The van der Waals surface area contributed by atoms with Gasteiger partial charge in [0.15, 0.2) is 11.4 Å². The highest BCUT2D eigenvalue weighted by Gasteiger charge is 2.55. The molecule has 10 nitrogen and oxygen atoms in total. The summed E-state index contributed by atoms with van der Waals surface area (Å²) in [6.45, 7) is 0. The standard InChI is InChI=1S/C21H15I4NO9/c22-10-4-9(5-11(23)17(10)30)35-18-12(24)1-8(2-13(18)25)3-14(19(31)32)26-15(27)6-21(34,20(26)33)7-16(28)29/h1-2,4-5,14,30,34H,3,6-7H2,(H,28,29)(H,31,32)/t14-,21?/m0/s1. The van der Waals surface area contributed by atoms with Crippen LogP contribution in [0.3, 0.4) is 0 Å². The maximum Gasteiger partial charge on any atom is 0.327 e. The third kappa shape index (κ3) is 6.29. The zero-order valence-corrected chi connectivity index (χ0v) is 25.9. The first-order valence-corrected chi connectivity index (χ1v) is 13.9. The minimum atomic E-state index is -2.48. The van der Waals surface area contributed by atoms with Crippen LogP contribution in [0.1, 0.15) is 18.4 Å². The molecule has 0 spiro atoms. The second-order valence-electron chi connectivity index (χ2n) is 7.63. The van der Waals surface area contributed by atoms with Crippen LogP contribution in [0, 0.1) is 14.3 Å². The van der Waals surface area contributed by atoms with Crippen molar-refractivity contribution >= 4 is 114 Å². The number of amides is 2. The van der Waals surface area contributed by atoms with Crippen molar-refractivity contribution in [2.75, 3.05) is 0 Å². The molecule has 3 rings (SSSR count). The molecule has 14 heteroatoms. The lowest BCUT2D eigenvalue weighted by Crippen LogP contribution is -2.50. The van der Waals surface area contributed by atoms with Gasteiger partial charge in [0, 0.05) is 6.42 Å². The average Bonchev–Trinajstić information content (AvgIpc) is 2.94. The van der Waals surface area contributed by atoms with Crippen molar-refractivity contribution in [2.24, 2.45) is 0 Å². The summed E-state index contributed by atoms with van der Waals surface area (Å²) in [6, 6.07) is 5.01. The zero-order valence-electron chi connectivity index (χ0n) is 17.3. The van der Waals surface area contributed by atoms with Crippen LogP contribution >= 0.6 is 90.4 Å². The Morgan fingerprint density at radius 3 is 2.03 bits per heavy atom. The number of aliphatic carboxylic acids is 2. The van der Waals surface area contributed by atoms with E-state index < -0.39 is 48.2 Å².